The van der Waals surface area contributed by atoms with E-state index < -0.39 is 0 Å². The Morgan fingerprint density at radius 3 is 2.10 bits per heavy atom. The van der Waals surface area contributed by atoms with E-state index in [-0.39, 0.29) is 0 Å². The molecular formula is C28H46N3+. The lowest BCUT2D eigenvalue weighted by atomic mass is 10.1. The Labute approximate surface area is 193 Å². The fourth-order valence-electron chi connectivity index (χ4n) is 2.51. The summed E-state index contributed by atoms with van der Waals surface area (Å²) >= 11 is 0. The van der Waals surface area contributed by atoms with Crippen LogP contribution in [0.25, 0.3) is 11.3 Å². The largest absolute Gasteiger partial charge is 0.244 e. The van der Waals surface area contributed by atoms with Crippen LogP contribution in [-0.2, 0) is 13.1 Å². The molecule has 2 rings (SSSR count). The summed E-state index contributed by atoms with van der Waals surface area (Å²) < 4.78 is 4.29. The van der Waals surface area contributed by atoms with Gasteiger partial charge < -0.3 is 0 Å². The van der Waals surface area contributed by atoms with Crippen LogP contribution in [-0.4, -0.2) is 4.57 Å². The molecule has 1 aromatic heterocycles. The van der Waals surface area contributed by atoms with Crippen molar-refractivity contribution in [2.75, 3.05) is 0 Å². The number of hydrogen-bond donors (Lipinski definition) is 0. The third kappa shape index (κ3) is 13.9. The third-order valence-electron chi connectivity index (χ3n) is 3.50. The summed E-state index contributed by atoms with van der Waals surface area (Å²) in [7, 11) is 0. The summed E-state index contributed by atoms with van der Waals surface area (Å²) in [5, 5.41) is 8.81. The molecule has 0 aliphatic rings. The maximum atomic E-state index is 8.81. The summed E-state index contributed by atoms with van der Waals surface area (Å²) in [5.74, 6) is 0. The first-order valence-electron chi connectivity index (χ1n) is 11.7. The maximum Gasteiger partial charge on any atom is 0.244 e. The van der Waals surface area contributed by atoms with Crippen LogP contribution in [0.3, 0.4) is 0 Å². The van der Waals surface area contributed by atoms with E-state index in [4.69, 9.17) is 5.26 Å². The second kappa shape index (κ2) is 25.2. The minimum atomic E-state index is 0.507. The lowest BCUT2D eigenvalue weighted by molar-refractivity contribution is -0.695. The zero-order valence-electron chi connectivity index (χ0n) is 21.5. The first-order valence-corrected chi connectivity index (χ1v) is 11.7. The molecule has 1 heterocycles. The minimum absolute atomic E-state index is 0.507. The van der Waals surface area contributed by atoms with Crippen LogP contribution < -0.4 is 4.57 Å². The number of allylic oxidation sites excluding steroid dienone is 5. The summed E-state index contributed by atoms with van der Waals surface area (Å²) in [5.41, 5.74) is 3.49. The topological polar surface area (TPSA) is 32.6 Å². The van der Waals surface area contributed by atoms with Gasteiger partial charge in [-0.25, -0.2) is 9.13 Å². The summed E-state index contributed by atoms with van der Waals surface area (Å²) in [4.78, 5) is 0. The quantitative estimate of drug-likeness (QED) is 0.326. The molecule has 0 aliphatic heterocycles. The number of nitrogens with zero attached hydrogens (tertiary/aromatic N) is 3. The summed E-state index contributed by atoms with van der Waals surface area (Å²) in [6, 6.07) is 12.5. The van der Waals surface area contributed by atoms with Gasteiger partial charge in [-0.2, -0.15) is 5.26 Å². The molecule has 3 heteroatoms. The number of aryl methyl sites for hydroxylation is 1. The first-order chi connectivity index (χ1) is 15.3. The number of hydrogen-bond acceptors (Lipinski definition) is 1. The van der Waals surface area contributed by atoms with E-state index in [1.807, 2.05) is 98.7 Å². The Kier molecular flexibility index (Phi) is 26.6. The van der Waals surface area contributed by atoms with Crippen molar-refractivity contribution in [3.63, 3.8) is 0 Å². The van der Waals surface area contributed by atoms with Crippen LogP contribution in [0.5, 0.6) is 0 Å². The molecule has 0 N–H and O–H groups in total. The number of nitriles is 1. The molecule has 0 bridgehead atoms. The van der Waals surface area contributed by atoms with Gasteiger partial charge in [0.2, 0.25) is 6.33 Å². The van der Waals surface area contributed by atoms with Crippen LogP contribution >= 0.6 is 0 Å². The molecular weight excluding hydrogens is 378 g/mol. The molecule has 172 valence electrons. The number of aromatic nitrogens is 2. The number of rotatable bonds is 7. The van der Waals surface area contributed by atoms with E-state index in [9.17, 15) is 0 Å². The molecule has 1 aromatic carbocycles. The molecule has 31 heavy (non-hydrogen) atoms. The zero-order chi connectivity index (χ0) is 24.5. The van der Waals surface area contributed by atoms with Crippen molar-refractivity contribution in [1.29, 1.82) is 5.26 Å². The predicted octanol–water partition coefficient (Wildman–Crippen LogP) is 8.15. The lowest BCUT2D eigenvalue weighted by Gasteiger charge is -2.03. The van der Waals surface area contributed by atoms with Crippen LogP contribution in [0.2, 0.25) is 0 Å². The molecule has 0 fully saturated rings. The number of benzene rings is 1. The first kappa shape index (κ1) is 32.8. The highest BCUT2D eigenvalue weighted by Crippen LogP contribution is 2.19. The average molecular weight is 425 g/mol. The molecule has 3 nitrogen and oxygen atoms in total. The van der Waals surface area contributed by atoms with E-state index >= 15 is 0 Å². The molecule has 0 aliphatic carbocycles. The number of imidazole rings is 1. The van der Waals surface area contributed by atoms with Crippen LogP contribution in [0, 0.1) is 11.3 Å². The van der Waals surface area contributed by atoms with Gasteiger partial charge in [-0.15, -0.1) is 0 Å². The van der Waals surface area contributed by atoms with E-state index in [2.05, 4.69) is 52.5 Å². The summed E-state index contributed by atoms with van der Waals surface area (Å²) in [6.07, 6.45) is 12.6. The van der Waals surface area contributed by atoms with E-state index in [0.29, 0.717) is 13.0 Å². The van der Waals surface area contributed by atoms with Crippen LogP contribution in [0.15, 0.2) is 79.3 Å². The Morgan fingerprint density at radius 1 is 1.03 bits per heavy atom. The molecule has 2 aromatic rings. The molecule has 0 unspecified atom stereocenters. The fourth-order valence-corrected chi connectivity index (χ4v) is 2.51. The zero-order valence-corrected chi connectivity index (χ0v) is 21.5. The van der Waals surface area contributed by atoms with Gasteiger partial charge in [-0.05, 0) is 12.5 Å². The Morgan fingerprint density at radius 2 is 1.61 bits per heavy atom. The second-order valence-corrected chi connectivity index (χ2v) is 5.25. The van der Waals surface area contributed by atoms with Crippen molar-refractivity contribution < 1.29 is 4.57 Å². The van der Waals surface area contributed by atoms with Crippen molar-refractivity contribution in [2.24, 2.45) is 0 Å². The SMILES string of the molecule is C=C/C=C(\C=C/C)Cn1c[n+](CCC#N)cc1-c1ccccc1.CC.CC.CC.CC. The molecule has 0 saturated carbocycles. The highest BCUT2D eigenvalue weighted by atomic mass is 15.1. The van der Waals surface area contributed by atoms with Crippen molar-refractivity contribution in [1.82, 2.24) is 4.57 Å². The van der Waals surface area contributed by atoms with E-state index in [1.54, 1.807) is 0 Å². The lowest BCUT2D eigenvalue weighted by Crippen LogP contribution is -2.30. The highest BCUT2D eigenvalue weighted by molar-refractivity contribution is 5.58. The normalized spacial score (nSPS) is 9.35. The van der Waals surface area contributed by atoms with Gasteiger partial charge in [0.05, 0.1) is 12.5 Å². The standard InChI is InChI=1S/C20H22N3.4C2H6/c1-3-9-18(10-4-2)15-23-17-22(14-8-13-21)16-20(23)19-11-6-5-7-12-19;4*1-2/h3-7,9-12,16-17H,1,8,14-15H2,2H3;4*1-2H3/q+1;;;;/b10-4-,18-9+;;;;. The maximum absolute atomic E-state index is 8.81. The van der Waals surface area contributed by atoms with Crippen molar-refractivity contribution >= 4 is 0 Å². The fraction of sp³-hybridized carbons (Fsp3) is 0.429. The molecule has 0 atom stereocenters. The monoisotopic (exact) mass is 424 g/mol. The van der Waals surface area contributed by atoms with E-state index in [0.717, 1.165) is 12.2 Å². The highest BCUT2D eigenvalue weighted by Gasteiger charge is 2.15. The average Bonchev–Trinajstić information content (AvgIpc) is 3.26. The third-order valence-corrected chi connectivity index (χ3v) is 3.50. The van der Waals surface area contributed by atoms with Gasteiger partial charge in [0.25, 0.3) is 0 Å². The van der Waals surface area contributed by atoms with Gasteiger partial charge in [-0.1, -0.05) is 117 Å². The van der Waals surface area contributed by atoms with Crippen molar-refractivity contribution in [2.45, 2.75) is 81.8 Å². The van der Waals surface area contributed by atoms with Gasteiger partial charge in [0.15, 0.2) is 5.69 Å². The predicted molar refractivity (Wildman–Crippen MR) is 139 cm³/mol. The Bertz CT molecular complexity index is 744. The molecule has 0 spiro atoms. The molecule has 0 amide bonds. The van der Waals surface area contributed by atoms with Gasteiger partial charge in [0.1, 0.15) is 19.3 Å². The van der Waals surface area contributed by atoms with E-state index in [1.165, 1.54) is 11.1 Å². The Balaban J connectivity index is -0.000000879. The van der Waals surface area contributed by atoms with Gasteiger partial charge in [-0.3, -0.25) is 0 Å². The van der Waals surface area contributed by atoms with Crippen molar-refractivity contribution in [3.05, 3.63) is 79.3 Å². The molecule has 0 saturated heterocycles. The minimum Gasteiger partial charge on any atom is -0.235 e. The van der Waals surface area contributed by atoms with Gasteiger partial charge >= 0.3 is 0 Å². The van der Waals surface area contributed by atoms with Crippen LogP contribution in [0.4, 0.5) is 0 Å². The second-order valence-electron chi connectivity index (χ2n) is 5.25. The van der Waals surface area contributed by atoms with Gasteiger partial charge in [0, 0.05) is 5.56 Å². The summed E-state index contributed by atoms with van der Waals surface area (Å²) in [6.45, 7) is 23.3. The molecule has 0 radical (unpaired) electrons. The van der Waals surface area contributed by atoms with Crippen LogP contribution in [0.1, 0.15) is 68.7 Å². The van der Waals surface area contributed by atoms with Crippen molar-refractivity contribution in [3.8, 4) is 17.3 Å². The smallest absolute Gasteiger partial charge is 0.235 e. The Hall–Kier alpha value is -2.86.